The summed E-state index contributed by atoms with van der Waals surface area (Å²) in [6.07, 6.45) is 9.66. The minimum atomic E-state index is -0.0720. The number of anilines is 1. The van der Waals surface area contributed by atoms with Crippen molar-refractivity contribution < 1.29 is 9.53 Å². The van der Waals surface area contributed by atoms with Gasteiger partial charge < -0.3 is 9.64 Å². The van der Waals surface area contributed by atoms with Crippen molar-refractivity contribution in [2.45, 2.75) is 51.6 Å². The lowest BCUT2D eigenvalue weighted by molar-refractivity contribution is -0.117. The Balaban J connectivity index is 1.44. The predicted molar refractivity (Wildman–Crippen MR) is 120 cm³/mol. The van der Waals surface area contributed by atoms with Gasteiger partial charge in [0.25, 0.3) is 0 Å². The number of carbonyl (C=O) groups excluding carboxylic acids is 1. The van der Waals surface area contributed by atoms with Crippen LogP contribution in [-0.4, -0.2) is 44.7 Å². The van der Waals surface area contributed by atoms with Gasteiger partial charge >= 0.3 is 0 Å². The number of hydrogen-bond acceptors (Lipinski definition) is 6. The Hall–Kier alpha value is -2.96. The van der Waals surface area contributed by atoms with Crippen molar-refractivity contribution in [2.24, 2.45) is 13.0 Å². The third kappa shape index (κ3) is 4.13. The second-order valence-electron chi connectivity index (χ2n) is 8.87. The van der Waals surface area contributed by atoms with Gasteiger partial charge in [0, 0.05) is 56.9 Å². The van der Waals surface area contributed by atoms with Crippen LogP contribution in [0.25, 0.3) is 22.2 Å². The quantitative estimate of drug-likeness (QED) is 0.618. The fourth-order valence-electron chi connectivity index (χ4n) is 4.71. The van der Waals surface area contributed by atoms with Crippen molar-refractivity contribution in [3.05, 3.63) is 30.6 Å². The van der Waals surface area contributed by atoms with Gasteiger partial charge in [-0.05, 0) is 50.8 Å². The summed E-state index contributed by atoms with van der Waals surface area (Å²) in [6, 6.07) is 6.15. The molecule has 162 valence electrons. The van der Waals surface area contributed by atoms with Gasteiger partial charge in [-0.3, -0.25) is 9.48 Å². The van der Waals surface area contributed by atoms with Crippen molar-refractivity contribution >= 4 is 22.5 Å². The normalized spacial score (nSPS) is 20.4. The summed E-state index contributed by atoms with van der Waals surface area (Å²) >= 11 is 0. The third-order valence-corrected chi connectivity index (χ3v) is 6.55. The first-order valence-electron chi connectivity index (χ1n) is 11.3. The predicted octanol–water partition coefficient (Wildman–Crippen LogP) is 4.16. The number of rotatable bonds is 5. The molecule has 2 aliphatic rings. The molecule has 3 aromatic rings. The van der Waals surface area contributed by atoms with E-state index in [9.17, 15) is 4.79 Å². The minimum Gasteiger partial charge on any atom is -0.474 e. The van der Waals surface area contributed by atoms with E-state index in [-0.39, 0.29) is 12.0 Å². The molecule has 0 bridgehead atoms. The fourth-order valence-corrected chi connectivity index (χ4v) is 4.71. The average molecular weight is 420 g/mol. The molecule has 2 atom stereocenters. The molecule has 3 aromatic heterocycles. The van der Waals surface area contributed by atoms with Crippen LogP contribution >= 0.6 is 0 Å². The molecule has 0 aromatic carbocycles. The van der Waals surface area contributed by atoms with Crippen molar-refractivity contribution in [1.82, 2.24) is 19.7 Å². The first kappa shape index (κ1) is 20.0. The molecule has 31 heavy (non-hydrogen) atoms. The van der Waals surface area contributed by atoms with E-state index < -0.39 is 0 Å². The molecule has 0 radical (unpaired) electrons. The highest BCUT2D eigenvalue weighted by atomic mass is 16.5. The van der Waals surface area contributed by atoms with Gasteiger partial charge in [0.15, 0.2) is 0 Å². The smallest absolute Gasteiger partial charge is 0.225 e. The number of carbonyl (C=O) groups is 1. The highest BCUT2D eigenvalue weighted by molar-refractivity contribution is 5.86. The number of aryl methyl sites for hydroxylation is 1. The van der Waals surface area contributed by atoms with Crippen LogP contribution in [0.3, 0.4) is 0 Å². The molecular weight excluding hydrogens is 390 g/mol. The largest absolute Gasteiger partial charge is 0.474 e. The summed E-state index contributed by atoms with van der Waals surface area (Å²) in [4.78, 5) is 23.6. The van der Waals surface area contributed by atoms with E-state index in [1.165, 1.54) is 19.3 Å². The van der Waals surface area contributed by atoms with E-state index in [0.717, 1.165) is 47.5 Å². The summed E-state index contributed by atoms with van der Waals surface area (Å²) in [6.45, 7) is 4.18. The van der Waals surface area contributed by atoms with Gasteiger partial charge in [0.1, 0.15) is 17.7 Å². The Morgan fingerprint density at radius 2 is 2.03 bits per heavy atom. The molecule has 0 amide bonds. The van der Waals surface area contributed by atoms with Crippen LogP contribution in [0.1, 0.15) is 45.4 Å². The Morgan fingerprint density at radius 3 is 2.74 bits per heavy atom. The Bertz CT molecular complexity index is 1090. The van der Waals surface area contributed by atoms with Gasteiger partial charge in [-0.1, -0.05) is 0 Å². The fraction of sp³-hybridized carbons (Fsp3) is 0.500. The van der Waals surface area contributed by atoms with Gasteiger partial charge in [0.2, 0.25) is 5.88 Å². The van der Waals surface area contributed by atoms with Crippen LogP contribution in [0.4, 0.5) is 5.82 Å². The molecule has 4 heterocycles. The Morgan fingerprint density at radius 1 is 1.19 bits per heavy atom. The Labute approximate surface area is 182 Å². The number of piperidine rings is 1. The van der Waals surface area contributed by atoms with Crippen LogP contribution < -0.4 is 9.64 Å². The number of nitrogens with zero attached hydrogens (tertiary/aromatic N) is 5. The van der Waals surface area contributed by atoms with Crippen LogP contribution in [-0.2, 0) is 11.8 Å². The van der Waals surface area contributed by atoms with E-state index in [1.54, 1.807) is 4.68 Å². The van der Waals surface area contributed by atoms with Crippen LogP contribution in [0.15, 0.2) is 30.6 Å². The maximum absolute atomic E-state index is 11.7. The molecule has 7 heteroatoms. The monoisotopic (exact) mass is 419 g/mol. The van der Waals surface area contributed by atoms with E-state index in [0.29, 0.717) is 24.5 Å². The Kier molecular flexibility index (Phi) is 5.34. The summed E-state index contributed by atoms with van der Waals surface area (Å²) in [7, 11) is 1.90. The topological polar surface area (TPSA) is 73.1 Å². The summed E-state index contributed by atoms with van der Waals surface area (Å²) in [5, 5.41) is 5.47. The molecule has 0 unspecified atom stereocenters. The zero-order chi connectivity index (χ0) is 21.4. The number of Topliss-reactive ketones (excluding diaryl/α,β-unsaturated/α-hetero) is 1. The van der Waals surface area contributed by atoms with Crippen molar-refractivity contribution in [1.29, 1.82) is 0 Å². The van der Waals surface area contributed by atoms with E-state index in [1.807, 2.05) is 32.4 Å². The number of aromatic nitrogens is 4. The maximum Gasteiger partial charge on any atom is 0.225 e. The molecule has 1 saturated heterocycles. The van der Waals surface area contributed by atoms with Crippen LogP contribution in [0.5, 0.6) is 5.88 Å². The molecule has 2 fully saturated rings. The molecule has 1 aliphatic heterocycles. The van der Waals surface area contributed by atoms with Gasteiger partial charge in [-0.2, -0.15) is 5.10 Å². The first-order chi connectivity index (χ1) is 15.1. The maximum atomic E-state index is 11.7. The lowest BCUT2D eigenvalue weighted by atomic mass is 10.0. The number of fused-ring (bicyclic) bond motifs is 1. The molecule has 1 aliphatic carbocycles. The third-order valence-electron chi connectivity index (χ3n) is 6.55. The molecule has 5 rings (SSSR count). The second-order valence-corrected chi connectivity index (χ2v) is 8.87. The summed E-state index contributed by atoms with van der Waals surface area (Å²) < 4.78 is 8.09. The number of pyridine rings is 2. The lowest BCUT2D eigenvalue weighted by Crippen LogP contribution is -2.29. The van der Waals surface area contributed by atoms with Crippen molar-refractivity contribution in [3.63, 3.8) is 0 Å². The van der Waals surface area contributed by atoms with Gasteiger partial charge in [-0.15, -0.1) is 0 Å². The molecule has 1 saturated carbocycles. The van der Waals surface area contributed by atoms with E-state index in [2.05, 4.69) is 22.1 Å². The van der Waals surface area contributed by atoms with Gasteiger partial charge in [0.05, 0.1) is 16.6 Å². The number of ether oxygens (including phenoxy) is 1. The standard InChI is InChI=1S/C24H29N5O2/c1-16(17-6-8-19(30)12-17)31-24-20-15-28(2)27-22(20)13-21(26-24)18-7-9-23(25-14-18)29-10-4-3-5-11-29/h7,9,13-17H,3-6,8,10-12H2,1-2H3/t16-,17+/m1/s1. The number of hydrogen-bond donors (Lipinski definition) is 0. The average Bonchev–Trinajstić information content (AvgIpc) is 3.39. The van der Waals surface area contributed by atoms with Gasteiger partial charge in [-0.25, -0.2) is 9.97 Å². The zero-order valence-electron chi connectivity index (χ0n) is 18.3. The molecular formula is C24H29N5O2. The molecule has 0 spiro atoms. The minimum absolute atomic E-state index is 0.0720. The van der Waals surface area contributed by atoms with E-state index in [4.69, 9.17) is 14.7 Å². The van der Waals surface area contributed by atoms with Crippen LogP contribution in [0.2, 0.25) is 0 Å². The van der Waals surface area contributed by atoms with Crippen molar-refractivity contribution in [2.75, 3.05) is 18.0 Å². The van der Waals surface area contributed by atoms with Crippen LogP contribution in [0, 0.1) is 5.92 Å². The second kappa shape index (κ2) is 8.29. The zero-order valence-corrected chi connectivity index (χ0v) is 18.3. The number of ketones is 1. The van der Waals surface area contributed by atoms with Crippen molar-refractivity contribution in [3.8, 4) is 17.1 Å². The summed E-state index contributed by atoms with van der Waals surface area (Å²) in [5.41, 5.74) is 2.59. The summed E-state index contributed by atoms with van der Waals surface area (Å²) in [5.74, 6) is 2.18. The molecule has 7 nitrogen and oxygen atoms in total. The van der Waals surface area contributed by atoms with E-state index >= 15 is 0 Å². The lowest BCUT2D eigenvalue weighted by Gasteiger charge is -2.27. The highest BCUT2D eigenvalue weighted by Gasteiger charge is 2.29. The molecule has 0 N–H and O–H groups in total. The first-order valence-corrected chi connectivity index (χ1v) is 11.3. The highest BCUT2D eigenvalue weighted by Crippen LogP contribution is 2.33. The SMILES string of the molecule is C[C@@H](Oc1nc(-c2ccc(N3CCCCC3)nc2)cc2nn(C)cc12)[C@H]1CCC(=O)C1.